The lowest BCUT2D eigenvalue weighted by Gasteiger charge is -2.23. The molecule has 0 N–H and O–H groups in total. The van der Waals surface area contributed by atoms with E-state index in [2.05, 4.69) is 6.58 Å². The van der Waals surface area contributed by atoms with E-state index in [-0.39, 0.29) is 16.2 Å². The van der Waals surface area contributed by atoms with E-state index in [1.54, 1.807) is 20.8 Å². The first-order valence-electron chi connectivity index (χ1n) is 6.89. The number of carbonyl (C=O) groups is 1. The Labute approximate surface area is 140 Å². The van der Waals surface area contributed by atoms with Crippen molar-refractivity contribution in [3.05, 3.63) is 46.5 Å². The van der Waals surface area contributed by atoms with Crippen LogP contribution >= 0.6 is 0 Å². The Bertz CT molecular complexity index is 745. The molecule has 0 aliphatic heterocycles. The first kappa shape index (κ1) is 19.8. The number of nitro groups is 1. The van der Waals surface area contributed by atoms with Crippen LogP contribution in [0.25, 0.3) is 0 Å². The molecular formula is C15H19NO7S. The second-order valence-electron chi connectivity index (χ2n) is 6.06. The molecule has 0 bridgehead atoms. The Morgan fingerprint density at radius 2 is 1.75 bits per heavy atom. The van der Waals surface area contributed by atoms with Crippen LogP contribution in [0.3, 0.4) is 0 Å². The van der Waals surface area contributed by atoms with E-state index in [9.17, 15) is 23.3 Å². The summed E-state index contributed by atoms with van der Waals surface area (Å²) in [4.78, 5) is 21.7. The molecule has 0 spiro atoms. The van der Waals surface area contributed by atoms with E-state index in [1.165, 1.54) is 6.92 Å². The zero-order valence-electron chi connectivity index (χ0n) is 13.8. The molecule has 0 fully saturated rings. The summed E-state index contributed by atoms with van der Waals surface area (Å²) < 4.78 is 34.6. The van der Waals surface area contributed by atoms with Gasteiger partial charge in [0.2, 0.25) is 0 Å². The number of non-ortho nitro benzene ring substituents is 1. The van der Waals surface area contributed by atoms with Gasteiger partial charge in [-0.25, -0.2) is 8.98 Å². The quantitative estimate of drug-likeness (QED) is 0.253. The first-order chi connectivity index (χ1) is 10.8. The Kier molecular flexibility index (Phi) is 5.85. The number of nitro benzene ring substituents is 1. The van der Waals surface area contributed by atoms with Crippen molar-refractivity contribution in [2.24, 2.45) is 0 Å². The number of hydrogen-bond donors (Lipinski definition) is 0. The fraction of sp³-hybridized carbons (Fsp3) is 0.400. The van der Waals surface area contributed by atoms with Crippen molar-refractivity contribution in [2.45, 2.75) is 44.3 Å². The summed E-state index contributed by atoms with van der Waals surface area (Å²) in [5.74, 6) is -0.888. The third kappa shape index (κ3) is 5.43. The van der Waals surface area contributed by atoms with E-state index in [1.807, 2.05) is 0 Å². The summed E-state index contributed by atoms with van der Waals surface area (Å²) in [5.41, 5.74) is -0.946. The molecule has 0 heterocycles. The number of hydrogen-bond acceptors (Lipinski definition) is 7. The highest BCUT2D eigenvalue weighted by Crippen LogP contribution is 2.22. The van der Waals surface area contributed by atoms with Gasteiger partial charge in [-0.1, -0.05) is 6.58 Å². The first-order valence-corrected chi connectivity index (χ1v) is 8.30. The van der Waals surface area contributed by atoms with Gasteiger partial charge in [0.25, 0.3) is 15.8 Å². The molecule has 24 heavy (non-hydrogen) atoms. The van der Waals surface area contributed by atoms with Crippen molar-refractivity contribution >= 4 is 21.8 Å². The maximum Gasteiger partial charge on any atom is 0.341 e. The van der Waals surface area contributed by atoms with Gasteiger partial charge in [-0.2, -0.15) is 8.42 Å². The molecule has 9 heteroatoms. The fourth-order valence-corrected chi connectivity index (χ4v) is 2.67. The minimum Gasteiger partial charge on any atom is -0.458 e. The van der Waals surface area contributed by atoms with Gasteiger partial charge in [0.1, 0.15) is 5.60 Å². The van der Waals surface area contributed by atoms with E-state index >= 15 is 0 Å². The average Bonchev–Trinajstić information content (AvgIpc) is 2.42. The van der Waals surface area contributed by atoms with Crippen molar-refractivity contribution in [2.75, 3.05) is 0 Å². The summed E-state index contributed by atoms with van der Waals surface area (Å²) >= 11 is 0. The molecule has 0 aromatic heterocycles. The van der Waals surface area contributed by atoms with Crippen LogP contribution in [0.1, 0.15) is 27.7 Å². The standard InChI is InChI=1S/C15H19NO7S/c1-10(2)13(14(17)22-15(3,4)5)23-24(20,21)12-8-6-11(7-9-12)16(18)19/h6-9,13H,1H2,2-5H3. The number of esters is 1. The minimum atomic E-state index is -4.33. The van der Waals surface area contributed by atoms with Crippen molar-refractivity contribution in [3.8, 4) is 0 Å². The average molecular weight is 357 g/mol. The van der Waals surface area contributed by atoms with Crippen molar-refractivity contribution in [1.82, 2.24) is 0 Å². The summed E-state index contributed by atoms with van der Waals surface area (Å²) in [5, 5.41) is 10.6. The van der Waals surface area contributed by atoms with Crippen LogP contribution in [-0.4, -0.2) is 31.0 Å². The van der Waals surface area contributed by atoms with Gasteiger partial charge in [0.05, 0.1) is 9.82 Å². The lowest BCUT2D eigenvalue weighted by molar-refractivity contribution is -0.384. The fourth-order valence-electron chi connectivity index (χ4n) is 1.59. The van der Waals surface area contributed by atoms with Crippen LogP contribution < -0.4 is 0 Å². The maximum absolute atomic E-state index is 12.3. The van der Waals surface area contributed by atoms with Gasteiger partial charge in [-0.3, -0.25) is 10.1 Å². The van der Waals surface area contributed by atoms with Gasteiger partial charge in [0.15, 0.2) is 6.10 Å². The lowest BCUT2D eigenvalue weighted by Crippen LogP contribution is -2.35. The van der Waals surface area contributed by atoms with Gasteiger partial charge in [-0.15, -0.1) is 0 Å². The summed E-state index contributed by atoms with van der Waals surface area (Å²) in [6.45, 7) is 9.86. The molecular weight excluding hydrogens is 338 g/mol. The van der Waals surface area contributed by atoms with Crippen molar-refractivity contribution < 1.29 is 27.1 Å². The Morgan fingerprint density at radius 3 is 2.12 bits per heavy atom. The van der Waals surface area contributed by atoms with Crippen LogP contribution in [0.15, 0.2) is 41.3 Å². The zero-order chi connectivity index (χ0) is 18.7. The molecule has 1 aromatic carbocycles. The van der Waals surface area contributed by atoms with Crippen LogP contribution in [0.5, 0.6) is 0 Å². The van der Waals surface area contributed by atoms with Gasteiger partial charge < -0.3 is 4.74 Å². The number of rotatable bonds is 6. The zero-order valence-corrected chi connectivity index (χ0v) is 14.6. The molecule has 0 saturated heterocycles. The summed E-state index contributed by atoms with van der Waals surface area (Å²) in [6, 6.07) is 4.11. The topological polar surface area (TPSA) is 113 Å². The Balaban J connectivity index is 3.06. The predicted octanol–water partition coefficient (Wildman–Crippen LogP) is 2.59. The molecule has 1 rings (SSSR count). The summed E-state index contributed by atoms with van der Waals surface area (Å²) in [6.07, 6.45) is -1.51. The molecule has 1 aromatic rings. The molecule has 0 radical (unpaired) electrons. The number of benzene rings is 1. The van der Waals surface area contributed by atoms with E-state index in [0.29, 0.717) is 0 Å². The number of nitrogens with zero attached hydrogens (tertiary/aromatic N) is 1. The predicted molar refractivity (Wildman–Crippen MR) is 85.8 cm³/mol. The van der Waals surface area contributed by atoms with E-state index in [4.69, 9.17) is 8.92 Å². The highest BCUT2D eigenvalue weighted by molar-refractivity contribution is 7.86. The van der Waals surface area contributed by atoms with Crippen LogP contribution in [0, 0.1) is 10.1 Å². The van der Waals surface area contributed by atoms with E-state index in [0.717, 1.165) is 24.3 Å². The molecule has 1 unspecified atom stereocenters. The third-order valence-corrected chi connectivity index (χ3v) is 3.92. The monoisotopic (exact) mass is 357 g/mol. The third-order valence-electron chi connectivity index (χ3n) is 2.63. The van der Waals surface area contributed by atoms with Crippen molar-refractivity contribution in [1.29, 1.82) is 0 Å². The molecule has 0 aliphatic rings. The van der Waals surface area contributed by atoms with Crippen molar-refractivity contribution in [3.63, 3.8) is 0 Å². The number of carbonyl (C=O) groups excluding carboxylic acids is 1. The molecule has 8 nitrogen and oxygen atoms in total. The Hall–Kier alpha value is -2.26. The largest absolute Gasteiger partial charge is 0.458 e. The van der Waals surface area contributed by atoms with Crippen LogP contribution in [0.4, 0.5) is 5.69 Å². The molecule has 132 valence electrons. The number of ether oxygens (including phenoxy) is 1. The minimum absolute atomic E-state index is 0.148. The SMILES string of the molecule is C=C(C)C(OS(=O)(=O)c1ccc([N+](=O)[O-])cc1)C(=O)OC(C)(C)C. The van der Waals surface area contributed by atoms with Crippen LogP contribution in [-0.2, 0) is 23.8 Å². The lowest BCUT2D eigenvalue weighted by atomic mass is 10.1. The summed E-state index contributed by atoms with van der Waals surface area (Å²) in [7, 11) is -4.33. The molecule has 0 saturated carbocycles. The van der Waals surface area contributed by atoms with Crippen LogP contribution in [0.2, 0.25) is 0 Å². The second kappa shape index (κ2) is 7.10. The second-order valence-corrected chi connectivity index (χ2v) is 7.63. The Morgan fingerprint density at radius 1 is 1.25 bits per heavy atom. The van der Waals surface area contributed by atoms with Gasteiger partial charge in [-0.05, 0) is 45.4 Å². The smallest absolute Gasteiger partial charge is 0.341 e. The maximum atomic E-state index is 12.3. The normalized spacial score (nSPS) is 13.2. The van der Waals surface area contributed by atoms with Gasteiger partial charge in [0, 0.05) is 12.1 Å². The molecule has 0 amide bonds. The highest BCUT2D eigenvalue weighted by Gasteiger charge is 2.32. The van der Waals surface area contributed by atoms with E-state index < -0.39 is 32.7 Å². The molecule has 0 aliphatic carbocycles. The van der Waals surface area contributed by atoms with Gasteiger partial charge >= 0.3 is 5.97 Å². The molecule has 1 atom stereocenters. The highest BCUT2D eigenvalue weighted by atomic mass is 32.2.